The predicted octanol–water partition coefficient (Wildman–Crippen LogP) is 2.35. The second kappa shape index (κ2) is 5.02. The van der Waals surface area contributed by atoms with Gasteiger partial charge in [-0.25, -0.2) is 4.98 Å². The molecule has 1 aliphatic rings. The van der Waals surface area contributed by atoms with Gasteiger partial charge in [-0.3, -0.25) is 0 Å². The van der Waals surface area contributed by atoms with Crippen molar-refractivity contribution in [2.75, 3.05) is 25.2 Å². The van der Waals surface area contributed by atoms with Gasteiger partial charge in [0.15, 0.2) is 0 Å². The molecule has 1 saturated heterocycles. The topological polar surface area (TPSA) is 25.4 Å². The molecule has 0 spiro atoms. The number of rotatable bonds is 3. The van der Waals surface area contributed by atoms with Crippen LogP contribution in [0.1, 0.15) is 17.7 Å². The van der Waals surface area contributed by atoms with Crippen LogP contribution in [0.2, 0.25) is 0 Å². The monoisotopic (exact) mass is 240 g/mol. The molecule has 0 N–H and O–H groups in total. The summed E-state index contributed by atoms with van der Waals surface area (Å²) in [5.41, 5.74) is 2.11. The van der Waals surface area contributed by atoms with Crippen LogP contribution < -0.4 is 4.90 Å². The molecule has 0 aromatic carbocycles. The first-order valence-corrected chi connectivity index (χ1v) is 6.09. The molecule has 0 radical (unpaired) electrons. The lowest BCUT2D eigenvalue weighted by Gasteiger charge is -2.24. The highest BCUT2D eigenvalue weighted by atomic mass is 35.5. The van der Waals surface area contributed by atoms with E-state index in [0.29, 0.717) is 11.9 Å². The van der Waals surface area contributed by atoms with Gasteiger partial charge in [-0.05, 0) is 25.0 Å². The number of halogens is 1. The van der Waals surface area contributed by atoms with Gasteiger partial charge in [-0.2, -0.15) is 0 Å². The number of alkyl halides is 1. The van der Waals surface area contributed by atoms with Crippen LogP contribution in [-0.4, -0.2) is 31.3 Å². The van der Waals surface area contributed by atoms with Gasteiger partial charge >= 0.3 is 0 Å². The highest BCUT2D eigenvalue weighted by Crippen LogP contribution is 2.20. The minimum atomic E-state index is 0.453. The second-order valence-electron chi connectivity index (χ2n) is 4.18. The van der Waals surface area contributed by atoms with E-state index in [4.69, 9.17) is 16.3 Å². The zero-order valence-electron chi connectivity index (χ0n) is 9.74. The fourth-order valence-electron chi connectivity index (χ4n) is 1.93. The Labute approximate surface area is 101 Å². The summed E-state index contributed by atoms with van der Waals surface area (Å²) >= 11 is 5.82. The SMILES string of the molecule is Cc1nc(N(C)C2CCOC2)ccc1CCl. The van der Waals surface area contributed by atoms with Gasteiger partial charge in [0.05, 0.1) is 12.6 Å². The summed E-state index contributed by atoms with van der Waals surface area (Å²) in [4.78, 5) is 6.77. The minimum absolute atomic E-state index is 0.453. The van der Waals surface area contributed by atoms with Crippen molar-refractivity contribution >= 4 is 17.4 Å². The molecule has 0 bridgehead atoms. The van der Waals surface area contributed by atoms with Crippen molar-refractivity contribution in [3.8, 4) is 0 Å². The summed E-state index contributed by atoms with van der Waals surface area (Å²) in [5, 5.41) is 0. The molecule has 1 atom stereocenters. The van der Waals surface area contributed by atoms with Crippen LogP contribution >= 0.6 is 11.6 Å². The van der Waals surface area contributed by atoms with Crippen molar-refractivity contribution in [3.63, 3.8) is 0 Å². The van der Waals surface area contributed by atoms with E-state index in [0.717, 1.165) is 36.7 Å². The number of hydrogen-bond donors (Lipinski definition) is 0. The van der Waals surface area contributed by atoms with E-state index in [-0.39, 0.29) is 0 Å². The zero-order valence-corrected chi connectivity index (χ0v) is 10.5. The predicted molar refractivity (Wildman–Crippen MR) is 66.2 cm³/mol. The van der Waals surface area contributed by atoms with Crippen LogP contribution in [-0.2, 0) is 10.6 Å². The van der Waals surface area contributed by atoms with Crippen molar-refractivity contribution in [2.45, 2.75) is 25.3 Å². The molecule has 0 saturated carbocycles. The molecule has 0 amide bonds. The molecule has 0 aliphatic carbocycles. The van der Waals surface area contributed by atoms with E-state index in [2.05, 4.69) is 23.0 Å². The van der Waals surface area contributed by atoms with Crippen LogP contribution in [0.5, 0.6) is 0 Å². The van der Waals surface area contributed by atoms with E-state index in [1.807, 2.05) is 13.0 Å². The number of nitrogens with zero attached hydrogens (tertiary/aromatic N) is 2. The Bertz CT molecular complexity index is 364. The molecule has 1 aromatic rings. The first-order chi connectivity index (χ1) is 7.72. The lowest BCUT2D eigenvalue weighted by molar-refractivity contribution is 0.193. The van der Waals surface area contributed by atoms with Gasteiger partial charge < -0.3 is 9.64 Å². The Hall–Kier alpha value is -0.800. The van der Waals surface area contributed by atoms with Crippen molar-refractivity contribution in [2.24, 2.45) is 0 Å². The van der Waals surface area contributed by atoms with Crippen LogP contribution in [0, 0.1) is 6.92 Å². The Morgan fingerprint density at radius 2 is 2.38 bits per heavy atom. The average Bonchev–Trinajstić information content (AvgIpc) is 2.81. The van der Waals surface area contributed by atoms with Gasteiger partial charge in [-0.1, -0.05) is 6.07 Å². The maximum atomic E-state index is 5.82. The standard InChI is InChI=1S/C12H17ClN2O/c1-9-10(7-13)3-4-12(14-9)15(2)11-5-6-16-8-11/h3-4,11H,5-8H2,1-2H3. The number of pyridine rings is 1. The molecular weight excluding hydrogens is 224 g/mol. The molecule has 3 nitrogen and oxygen atoms in total. The summed E-state index contributed by atoms with van der Waals surface area (Å²) in [6.45, 7) is 3.66. The number of aryl methyl sites for hydroxylation is 1. The molecule has 2 rings (SSSR count). The second-order valence-corrected chi connectivity index (χ2v) is 4.44. The molecule has 1 aliphatic heterocycles. The Balaban J connectivity index is 2.16. The van der Waals surface area contributed by atoms with Crippen LogP contribution in [0.15, 0.2) is 12.1 Å². The van der Waals surface area contributed by atoms with Gasteiger partial charge in [0.1, 0.15) is 5.82 Å². The van der Waals surface area contributed by atoms with Gasteiger partial charge in [0.25, 0.3) is 0 Å². The van der Waals surface area contributed by atoms with Crippen LogP contribution in [0.3, 0.4) is 0 Å². The summed E-state index contributed by atoms with van der Waals surface area (Å²) in [6.07, 6.45) is 1.08. The summed E-state index contributed by atoms with van der Waals surface area (Å²) < 4.78 is 5.38. The maximum absolute atomic E-state index is 5.82. The normalized spacial score (nSPS) is 20.1. The Morgan fingerprint density at radius 3 is 2.94 bits per heavy atom. The summed E-state index contributed by atoms with van der Waals surface area (Å²) in [6, 6.07) is 4.54. The molecule has 1 unspecified atom stereocenters. The van der Waals surface area contributed by atoms with E-state index >= 15 is 0 Å². The first-order valence-electron chi connectivity index (χ1n) is 5.55. The minimum Gasteiger partial charge on any atom is -0.379 e. The van der Waals surface area contributed by atoms with E-state index in [9.17, 15) is 0 Å². The highest BCUT2D eigenvalue weighted by Gasteiger charge is 2.21. The fraction of sp³-hybridized carbons (Fsp3) is 0.583. The number of hydrogen-bond acceptors (Lipinski definition) is 3. The Kier molecular flexibility index (Phi) is 3.66. The molecule has 1 aromatic heterocycles. The fourth-order valence-corrected chi connectivity index (χ4v) is 2.21. The van der Waals surface area contributed by atoms with E-state index in [1.54, 1.807) is 0 Å². The molecule has 2 heterocycles. The van der Waals surface area contributed by atoms with Crippen LogP contribution in [0.4, 0.5) is 5.82 Å². The maximum Gasteiger partial charge on any atom is 0.128 e. The lowest BCUT2D eigenvalue weighted by atomic mass is 10.2. The van der Waals surface area contributed by atoms with E-state index < -0.39 is 0 Å². The first kappa shape index (κ1) is 11.7. The smallest absolute Gasteiger partial charge is 0.128 e. The lowest BCUT2D eigenvalue weighted by Crippen LogP contribution is -2.32. The summed E-state index contributed by atoms with van der Waals surface area (Å²) in [7, 11) is 2.07. The van der Waals surface area contributed by atoms with Crippen molar-refractivity contribution in [1.29, 1.82) is 0 Å². The quantitative estimate of drug-likeness (QED) is 0.759. The van der Waals surface area contributed by atoms with E-state index in [1.165, 1.54) is 0 Å². The number of aromatic nitrogens is 1. The third-order valence-corrected chi connectivity index (χ3v) is 3.43. The molecule has 1 fully saturated rings. The highest BCUT2D eigenvalue weighted by molar-refractivity contribution is 6.17. The third kappa shape index (κ3) is 2.30. The molecule has 16 heavy (non-hydrogen) atoms. The average molecular weight is 241 g/mol. The Morgan fingerprint density at radius 1 is 1.56 bits per heavy atom. The van der Waals surface area contributed by atoms with Gasteiger partial charge in [0, 0.05) is 25.2 Å². The number of ether oxygens (including phenoxy) is 1. The third-order valence-electron chi connectivity index (χ3n) is 3.14. The molecule has 88 valence electrons. The van der Waals surface area contributed by atoms with Gasteiger partial charge in [-0.15, -0.1) is 11.6 Å². The van der Waals surface area contributed by atoms with Gasteiger partial charge in [0.2, 0.25) is 0 Å². The van der Waals surface area contributed by atoms with Crippen molar-refractivity contribution in [1.82, 2.24) is 4.98 Å². The van der Waals surface area contributed by atoms with Crippen molar-refractivity contribution < 1.29 is 4.74 Å². The van der Waals surface area contributed by atoms with Crippen LogP contribution in [0.25, 0.3) is 0 Å². The number of likely N-dealkylation sites (N-methyl/N-ethyl adjacent to an activating group) is 1. The number of anilines is 1. The molecular formula is C12H17ClN2O. The largest absolute Gasteiger partial charge is 0.379 e. The van der Waals surface area contributed by atoms with Crippen molar-refractivity contribution in [3.05, 3.63) is 23.4 Å². The molecule has 4 heteroatoms. The summed E-state index contributed by atoms with van der Waals surface area (Å²) in [5.74, 6) is 1.52. The zero-order chi connectivity index (χ0) is 11.5.